The largest absolute Gasteiger partial charge is 0.378 e. The van der Waals surface area contributed by atoms with Crippen molar-refractivity contribution < 1.29 is 9.18 Å². The third-order valence-electron chi connectivity index (χ3n) is 5.10. The molecule has 1 N–H and O–H groups in total. The summed E-state index contributed by atoms with van der Waals surface area (Å²) in [6.07, 6.45) is 2.72. The predicted octanol–water partition coefficient (Wildman–Crippen LogP) is 3.50. The fourth-order valence-corrected chi connectivity index (χ4v) is 3.63. The molecule has 0 radical (unpaired) electrons. The van der Waals surface area contributed by atoms with E-state index in [-0.39, 0.29) is 11.7 Å². The summed E-state index contributed by atoms with van der Waals surface area (Å²) in [6, 6.07) is 14.3. The molecule has 0 atom stereocenters. The molecule has 1 heterocycles. The third-order valence-corrected chi connectivity index (χ3v) is 5.10. The van der Waals surface area contributed by atoms with Crippen LogP contribution in [0.2, 0.25) is 0 Å². The number of anilines is 1. The van der Waals surface area contributed by atoms with Gasteiger partial charge in [-0.25, -0.2) is 9.07 Å². The monoisotopic (exact) mass is 378 g/mol. The highest BCUT2D eigenvalue weighted by atomic mass is 19.1. The van der Waals surface area contributed by atoms with E-state index in [0.29, 0.717) is 12.2 Å². The van der Waals surface area contributed by atoms with Gasteiger partial charge in [0.05, 0.1) is 5.69 Å². The molecule has 0 saturated carbocycles. The second-order valence-corrected chi connectivity index (χ2v) is 7.26. The van der Waals surface area contributed by atoms with Crippen LogP contribution < -0.4 is 10.2 Å². The van der Waals surface area contributed by atoms with Crippen molar-refractivity contribution in [3.63, 3.8) is 0 Å². The van der Waals surface area contributed by atoms with Crippen LogP contribution in [-0.4, -0.2) is 29.8 Å². The second-order valence-electron chi connectivity index (χ2n) is 7.26. The number of aromatic nitrogens is 2. The van der Waals surface area contributed by atoms with Crippen molar-refractivity contribution in [3.8, 4) is 5.69 Å². The Labute approximate surface area is 163 Å². The molecule has 1 aliphatic carbocycles. The van der Waals surface area contributed by atoms with Gasteiger partial charge in [-0.3, -0.25) is 4.79 Å². The molecular weight excluding hydrogens is 355 g/mol. The molecule has 0 bridgehead atoms. The Morgan fingerprint density at radius 3 is 2.71 bits per heavy atom. The molecule has 1 aliphatic rings. The highest BCUT2D eigenvalue weighted by Crippen LogP contribution is 2.28. The number of halogens is 1. The lowest BCUT2D eigenvalue weighted by Crippen LogP contribution is -2.24. The van der Waals surface area contributed by atoms with Crippen molar-refractivity contribution in [3.05, 3.63) is 76.9 Å². The minimum absolute atomic E-state index is 0.172. The van der Waals surface area contributed by atoms with Gasteiger partial charge in [-0.2, -0.15) is 5.10 Å². The number of fused-ring (bicyclic) bond motifs is 1. The highest BCUT2D eigenvalue weighted by Gasteiger charge is 2.26. The number of amides is 1. The number of benzene rings is 2. The SMILES string of the molecule is CN(C)c1cccc(CNC(=O)c2nn(-c3ccc(F)cc3)c3c2CCC3)c1. The van der Waals surface area contributed by atoms with Crippen molar-refractivity contribution >= 4 is 11.6 Å². The van der Waals surface area contributed by atoms with E-state index in [1.165, 1.54) is 12.1 Å². The van der Waals surface area contributed by atoms with Crippen LogP contribution in [0, 0.1) is 5.82 Å². The molecule has 1 aromatic heterocycles. The molecule has 28 heavy (non-hydrogen) atoms. The van der Waals surface area contributed by atoms with Crippen LogP contribution in [0.25, 0.3) is 5.69 Å². The summed E-state index contributed by atoms with van der Waals surface area (Å²) in [5.74, 6) is -0.459. The average molecular weight is 378 g/mol. The van der Waals surface area contributed by atoms with E-state index in [1.54, 1.807) is 16.8 Å². The number of hydrogen-bond donors (Lipinski definition) is 1. The molecular formula is C22H23FN4O. The van der Waals surface area contributed by atoms with Crippen molar-refractivity contribution in [1.82, 2.24) is 15.1 Å². The van der Waals surface area contributed by atoms with Crippen LogP contribution in [0.15, 0.2) is 48.5 Å². The molecule has 0 saturated heterocycles. The molecule has 144 valence electrons. The van der Waals surface area contributed by atoms with Gasteiger partial charge in [-0.05, 0) is 61.2 Å². The smallest absolute Gasteiger partial charge is 0.272 e. The minimum atomic E-state index is -0.287. The highest BCUT2D eigenvalue weighted by molar-refractivity contribution is 5.94. The first-order valence-electron chi connectivity index (χ1n) is 9.44. The van der Waals surface area contributed by atoms with E-state index in [9.17, 15) is 9.18 Å². The Morgan fingerprint density at radius 1 is 1.18 bits per heavy atom. The fraction of sp³-hybridized carbons (Fsp3) is 0.273. The lowest BCUT2D eigenvalue weighted by molar-refractivity contribution is 0.0944. The molecule has 5 nitrogen and oxygen atoms in total. The molecule has 0 fully saturated rings. The number of carbonyl (C=O) groups is 1. The second kappa shape index (κ2) is 7.46. The summed E-state index contributed by atoms with van der Waals surface area (Å²) in [7, 11) is 3.98. The molecule has 0 aliphatic heterocycles. The van der Waals surface area contributed by atoms with Crippen molar-refractivity contribution in [2.75, 3.05) is 19.0 Å². The standard InChI is InChI=1S/C22H23FN4O/c1-26(2)18-6-3-5-15(13-18)14-24-22(28)21-19-7-4-8-20(19)27(25-21)17-11-9-16(23)10-12-17/h3,5-6,9-13H,4,7-8,14H2,1-2H3,(H,24,28). The number of nitrogens with zero attached hydrogens (tertiary/aromatic N) is 3. The van der Waals surface area contributed by atoms with Crippen LogP contribution in [0.5, 0.6) is 0 Å². The maximum atomic E-state index is 13.3. The van der Waals surface area contributed by atoms with Gasteiger partial charge in [-0.1, -0.05) is 12.1 Å². The van der Waals surface area contributed by atoms with Crippen molar-refractivity contribution in [1.29, 1.82) is 0 Å². The number of hydrogen-bond acceptors (Lipinski definition) is 3. The van der Waals surface area contributed by atoms with E-state index in [2.05, 4.69) is 16.5 Å². The summed E-state index contributed by atoms with van der Waals surface area (Å²) < 4.78 is 15.0. The Bertz CT molecular complexity index is 1010. The maximum Gasteiger partial charge on any atom is 0.272 e. The Hall–Kier alpha value is -3.15. The predicted molar refractivity (Wildman–Crippen MR) is 107 cm³/mol. The maximum absolute atomic E-state index is 13.3. The van der Waals surface area contributed by atoms with Gasteiger partial charge in [0.1, 0.15) is 5.82 Å². The van der Waals surface area contributed by atoms with Crippen molar-refractivity contribution in [2.24, 2.45) is 0 Å². The van der Waals surface area contributed by atoms with E-state index in [1.807, 2.05) is 37.2 Å². The molecule has 4 rings (SSSR count). The quantitative estimate of drug-likeness (QED) is 0.739. The molecule has 0 unspecified atom stereocenters. The van der Waals surface area contributed by atoms with Gasteiger partial charge in [0.15, 0.2) is 5.69 Å². The normalized spacial score (nSPS) is 12.7. The molecule has 2 aromatic carbocycles. The molecule has 3 aromatic rings. The van der Waals surface area contributed by atoms with Gasteiger partial charge < -0.3 is 10.2 Å². The summed E-state index contributed by atoms with van der Waals surface area (Å²) in [6.45, 7) is 0.443. The first kappa shape index (κ1) is 18.2. The summed E-state index contributed by atoms with van der Waals surface area (Å²) in [5, 5.41) is 7.56. The van der Waals surface area contributed by atoms with Gasteiger partial charge in [-0.15, -0.1) is 0 Å². The van der Waals surface area contributed by atoms with Crippen molar-refractivity contribution in [2.45, 2.75) is 25.8 Å². The van der Waals surface area contributed by atoms with Crippen LogP contribution >= 0.6 is 0 Å². The zero-order valence-electron chi connectivity index (χ0n) is 16.1. The van der Waals surface area contributed by atoms with Gasteiger partial charge in [0.2, 0.25) is 0 Å². The fourth-order valence-electron chi connectivity index (χ4n) is 3.63. The van der Waals surface area contributed by atoms with E-state index in [0.717, 1.165) is 47.5 Å². The minimum Gasteiger partial charge on any atom is -0.378 e. The summed E-state index contributed by atoms with van der Waals surface area (Å²) in [5.41, 5.74) is 5.43. The average Bonchev–Trinajstić information content (AvgIpc) is 3.30. The van der Waals surface area contributed by atoms with E-state index >= 15 is 0 Å². The first-order valence-corrected chi connectivity index (χ1v) is 9.44. The summed E-state index contributed by atoms with van der Waals surface area (Å²) >= 11 is 0. The Kier molecular flexibility index (Phi) is 4.86. The van der Waals surface area contributed by atoms with Crippen LogP contribution in [0.3, 0.4) is 0 Å². The summed E-state index contributed by atoms with van der Waals surface area (Å²) in [4.78, 5) is 14.9. The van der Waals surface area contributed by atoms with E-state index < -0.39 is 0 Å². The molecule has 1 amide bonds. The number of nitrogens with one attached hydrogen (secondary N) is 1. The zero-order valence-corrected chi connectivity index (χ0v) is 16.1. The van der Waals surface area contributed by atoms with Gasteiger partial charge in [0, 0.05) is 37.6 Å². The van der Waals surface area contributed by atoms with Gasteiger partial charge >= 0.3 is 0 Å². The topological polar surface area (TPSA) is 50.2 Å². The van der Waals surface area contributed by atoms with Gasteiger partial charge in [0.25, 0.3) is 5.91 Å². The third kappa shape index (κ3) is 3.50. The number of carbonyl (C=O) groups excluding carboxylic acids is 1. The Balaban J connectivity index is 1.56. The molecule has 0 spiro atoms. The van der Waals surface area contributed by atoms with E-state index in [4.69, 9.17) is 0 Å². The molecule has 6 heteroatoms. The Morgan fingerprint density at radius 2 is 1.96 bits per heavy atom. The lowest BCUT2D eigenvalue weighted by atomic mass is 10.1. The van der Waals surface area contributed by atoms with Crippen LogP contribution in [-0.2, 0) is 19.4 Å². The number of rotatable bonds is 5. The zero-order chi connectivity index (χ0) is 19.7. The van der Waals surface area contributed by atoms with Crippen LogP contribution in [0.4, 0.5) is 10.1 Å². The first-order chi connectivity index (χ1) is 13.5. The van der Waals surface area contributed by atoms with Crippen LogP contribution in [0.1, 0.15) is 33.7 Å². The lowest BCUT2D eigenvalue weighted by Gasteiger charge is -2.13.